The number of nitrogens with zero attached hydrogens (tertiary/aromatic N) is 3. The summed E-state index contributed by atoms with van der Waals surface area (Å²) < 4.78 is 0. The Labute approximate surface area is 163 Å². The summed E-state index contributed by atoms with van der Waals surface area (Å²) in [7, 11) is 0. The van der Waals surface area contributed by atoms with E-state index in [2.05, 4.69) is 66.4 Å². The zero-order valence-electron chi connectivity index (χ0n) is 14.9. The maximum atomic E-state index is 9.42. The molecular formula is C23H17N3S. The fraction of sp³-hybridized carbons (Fsp3) is 0.130. The van der Waals surface area contributed by atoms with E-state index in [9.17, 15) is 10.5 Å². The van der Waals surface area contributed by atoms with Gasteiger partial charge in [-0.3, -0.25) is 0 Å². The van der Waals surface area contributed by atoms with E-state index in [0.29, 0.717) is 0 Å². The Hall–Kier alpha value is -3.21. The predicted octanol–water partition coefficient (Wildman–Crippen LogP) is 5.44. The van der Waals surface area contributed by atoms with Crippen molar-refractivity contribution in [2.45, 2.75) is 18.2 Å². The lowest BCUT2D eigenvalue weighted by atomic mass is 10.00. The Kier molecular flexibility index (Phi) is 4.59. The van der Waals surface area contributed by atoms with Crippen molar-refractivity contribution in [2.75, 3.05) is 11.4 Å². The van der Waals surface area contributed by atoms with Crippen molar-refractivity contribution in [1.29, 1.82) is 10.5 Å². The number of fused-ring (bicyclic) bond motifs is 2. The number of anilines is 1. The lowest BCUT2D eigenvalue weighted by Crippen LogP contribution is -2.16. The van der Waals surface area contributed by atoms with E-state index in [4.69, 9.17) is 0 Å². The molecule has 1 heterocycles. The van der Waals surface area contributed by atoms with Gasteiger partial charge in [0.15, 0.2) is 0 Å². The summed E-state index contributed by atoms with van der Waals surface area (Å²) in [5.74, 6) is 0. The number of hydrogen-bond donors (Lipinski definition) is 0. The Bertz CT molecular complexity index is 1080. The van der Waals surface area contributed by atoms with Crippen LogP contribution in [0.3, 0.4) is 0 Å². The number of hydrogen-bond acceptors (Lipinski definition) is 4. The maximum absolute atomic E-state index is 9.42. The van der Waals surface area contributed by atoms with Gasteiger partial charge in [-0.1, -0.05) is 54.2 Å². The van der Waals surface area contributed by atoms with Crippen LogP contribution in [0.25, 0.3) is 5.57 Å². The number of thioether (sulfide) groups is 1. The molecule has 0 saturated carbocycles. The highest BCUT2D eigenvalue weighted by molar-refractivity contribution is 8.03. The molecule has 4 heteroatoms. The second kappa shape index (κ2) is 7.19. The van der Waals surface area contributed by atoms with Crippen LogP contribution in [-0.4, -0.2) is 6.54 Å². The number of nitriles is 2. The summed E-state index contributed by atoms with van der Waals surface area (Å²) in [6.07, 6.45) is 4.93. The first-order chi connectivity index (χ1) is 13.3. The molecular weight excluding hydrogens is 350 g/mol. The van der Waals surface area contributed by atoms with Crippen LogP contribution in [-0.2, 0) is 6.42 Å². The molecule has 0 radical (unpaired) electrons. The molecule has 0 bridgehead atoms. The first kappa shape index (κ1) is 17.2. The van der Waals surface area contributed by atoms with Gasteiger partial charge < -0.3 is 4.90 Å². The highest BCUT2D eigenvalue weighted by Gasteiger charge is 2.25. The summed E-state index contributed by atoms with van der Waals surface area (Å²) in [5.41, 5.74) is 5.37. The maximum Gasteiger partial charge on any atom is 0.137 e. The number of allylic oxidation sites excluding steroid dienone is 5. The van der Waals surface area contributed by atoms with Gasteiger partial charge in [0.2, 0.25) is 0 Å². The molecule has 0 spiro atoms. The number of rotatable bonds is 2. The molecule has 1 aliphatic carbocycles. The SMILES string of the molecule is CCN1C(=CC=C2Cc3ccccc3C2=C(C#N)C#N)Sc2ccccc21. The first-order valence-corrected chi connectivity index (χ1v) is 9.66. The zero-order valence-corrected chi connectivity index (χ0v) is 15.8. The minimum absolute atomic E-state index is 0.180. The molecule has 0 unspecified atom stereocenters. The van der Waals surface area contributed by atoms with Gasteiger partial charge in [0.25, 0.3) is 0 Å². The molecule has 0 atom stereocenters. The first-order valence-electron chi connectivity index (χ1n) is 8.85. The van der Waals surface area contributed by atoms with Crippen molar-refractivity contribution in [3.8, 4) is 12.1 Å². The largest absolute Gasteiger partial charge is 0.335 e. The van der Waals surface area contributed by atoms with E-state index < -0.39 is 0 Å². The predicted molar refractivity (Wildman–Crippen MR) is 110 cm³/mol. The van der Waals surface area contributed by atoms with Gasteiger partial charge in [0.1, 0.15) is 17.7 Å². The van der Waals surface area contributed by atoms with Crippen molar-refractivity contribution in [3.63, 3.8) is 0 Å². The molecule has 0 amide bonds. The Balaban J connectivity index is 1.77. The minimum atomic E-state index is 0.180. The topological polar surface area (TPSA) is 50.8 Å². The van der Waals surface area contributed by atoms with Crippen LogP contribution >= 0.6 is 11.8 Å². The van der Waals surface area contributed by atoms with Gasteiger partial charge >= 0.3 is 0 Å². The highest BCUT2D eigenvalue weighted by Crippen LogP contribution is 2.46. The molecule has 1 aliphatic heterocycles. The van der Waals surface area contributed by atoms with E-state index in [0.717, 1.165) is 40.3 Å². The van der Waals surface area contributed by atoms with Crippen LogP contribution in [0.1, 0.15) is 18.1 Å². The average Bonchev–Trinajstić information content (AvgIpc) is 3.25. The second-order valence-electron chi connectivity index (χ2n) is 6.32. The molecule has 0 N–H and O–H groups in total. The molecule has 2 aromatic rings. The van der Waals surface area contributed by atoms with Gasteiger partial charge in [-0.2, -0.15) is 10.5 Å². The molecule has 0 aromatic heterocycles. The fourth-order valence-electron chi connectivity index (χ4n) is 3.63. The third-order valence-electron chi connectivity index (χ3n) is 4.84. The minimum Gasteiger partial charge on any atom is -0.335 e. The van der Waals surface area contributed by atoms with E-state index in [1.54, 1.807) is 11.8 Å². The summed E-state index contributed by atoms with van der Waals surface area (Å²) >= 11 is 1.75. The van der Waals surface area contributed by atoms with Crippen LogP contribution in [0.5, 0.6) is 0 Å². The molecule has 2 aliphatic rings. The molecule has 2 aromatic carbocycles. The third-order valence-corrected chi connectivity index (χ3v) is 5.97. The molecule has 0 fully saturated rings. The smallest absolute Gasteiger partial charge is 0.137 e. The lowest BCUT2D eigenvalue weighted by molar-refractivity contribution is 1.00. The van der Waals surface area contributed by atoms with Gasteiger partial charge in [-0.05, 0) is 48.3 Å². The summed E-state index contributed by atoms with van der Waals surface area (Å²) in [5, 5.41) is 20.0. The quantitative estimate of drug-likeness (QED) is 0.663. The molecule has 4 rings (SSSR count). The standard InChI is InChI=1S/C23H17N3S/c1-2-26-20-9-5-6-10-21(20)27-22(26)12-11-17-13-16-7-3-4-8-19(16)23(17)18(14-24)15-25/h3-12H,2,13H2,1H3. The fourth-order valence-corrected chi connectivity index (χ4v) is 4.76. The van der Waals surface area contributed by atoms with Gasteiger partial charge in [0, 0.05) is 17.0 Å². The van der Waals surface area contributed by atoms with Crippen molar-refractivity contribution >= 4 is 23.0 Å². The van der Waals surface area contributed by atoms with Crippen molar-refractivity contribution in [3.05, 3.63) is 88.0 Å². The molecule has 0 saturated heterocycles. The van der Waals surface area contributed by atoms with E-state index >= 15 is 0 Å². The van der Waals surface area contributed by atoms with Crippen molar-refractivity contribution in [1.82, 2.24) is 0 Å². The van der Waals surface area contributed by atoms with Crippen molar-refractivity contribution in [2.24, 2.45) is 0 Å². The van der Waals surface area contributed by atoms with Crippen molar-refractivity contribution < 1.29 is 0 Å². The average molecular weight is 367 g/mol. The van der Waals surface area contributed by atoms with Crippen LogP contribution in [0, 0.1) is 22.7 Å². The van der Waals surface area contributed by atoms with Gasteiger partial charge in [-0.25, -0.2) is 0 Å². The van der Waals surface area contributed by atoms with Gasteiger partial charge in [0.05, 0.1) is 10.7 Å². The highest BCUT2D eigenvalue weighted by atomic mass is 32.2. The van der Waals surface area contributed by atoms with E-state index in [1.807, 2.05) is 18.2 Å². The molecule has 27 heavy (non-hydrogen) atoms. The molecule has 130 valence electrons. The van der Waals surface area contributed by atoms with Crippen LogP contribution < -0.4 is 4.90 Å². The Morgan fingerprint density at radius 1 is 1.07 bits per heavy atom. The van der Waals surface area contributed by atoms with Crippen LogP contribution in [0.15, 0.2) is 81.8 Å². The third kappa shape index (κ3) is 2.95. The lowest BCUT2D eigenvalue weighted by Gasteiger charge is -2.17. The number of benzene rings is 2. The normalized spacial score (nSPS) is 17.6. The Morgan fingerprint density at radius 3 is 2.59 bits per heavy atom. The summed E-state index contributed by atoms with van der Waals surface area (Å²) in [4.78, 5) is 3.54. The van der Waals surface area contributed by atoms with E-state index in [-0.39, 0.29) is 5.57 Å². The molecule has 3 nitrogen and oxygen atoms in total. The van der Waals surface area contributed by atoms with Crippen LogP contribution in [0.4, 0.5) is 5.69 Å². The number of para-hydroxylation sites is 1. The van der Waals surface area contributed by atoms with Crippen LogP contribution in [0.2, 0.25) is 0 Å². The monoisotopic (exact) mass is 367 g/mol. The zero-order chi connectivity index (χ0) is 18.8. The summed E-state index contributed by atoms with van der Waals surface area (Å²) in [6, 6.07) is 20.5. The summed E-state index contributed by atoms with van der Waals surface area (Å²) in [6.45, 7) is 3.04. The van der Waals surface area contributed by atoms with E-state index in [1.165, 1.54) is 10.6 Å². The van der Waals surface area contributed by atoms with Gasteiger partial charge in [-0.15, -0.1) is 0 Å². The Morgan fingerprint density at radius 2 is 1.81 bits per heavy atom. The second-order valence-corrected chi connectivity index (χ2v) is 7.38.